The van der Waals surface area contributed by atoms with Gasteiger partial charge in [0, 0.05) is 37.7 Å². The first-order valence-electron chi connectivity index (χ1n) is 9.70. The van der Waals surface area contributed by atoms with Gasteiger partial charge in [0.1, 0.15) is 22.8 Å². The van der Waals surface area contributed by atoms with E-state index >= 15 is 0 Å². The lowest BCUT2D eigenvalue weighted by molar-refractivity contribution is -0.147. The van der Waals surface area contributed by atoms with Crippen molar-refractivity contribution in [2.45, 2.75) is 24.9 Å². The molecule has 0 saturated heterocycles. The lowest BCUT2D eigenvalue weighted by atomic mass is 9.59. The van der Waals surface area contributed by atoms with Crippen LogP contribution in [-0.2, 0) is 20.8 Å². The zero-order valence-corrected chi connectivity index (χ0v) is 17.0. The Balaban J connectivity index is 1.97. The van der Waals surface area contributed by atoms with Crippen molar-refractivity contribution in [1.82, 2.24) is 0 Å². The molecule has 3 aliphatic rings. The number of nitrogens with two attached hydrogens (primary N) is 2. The van der Waals surface area contributed by atoms with Gasteiger partial charge in [-0.15, -0.1) is 0 Å². The predicted octanol–water partition coefficient (Wildman–Crippen LogP) is 0.0721. The molecular weight excluding hydrogens is 406 g/mol. The number of aliphatic hydroxyl groups excluding tert-OH is 2. The number of carbonyl (C=O) groups excluding carboxylic acids is 3. The fourth-order valence-electron chi connectivity index (χ4n) is 5.09. The first-order chi connectivity index (χ1) is 14.4. The van der Waals surface area contributed by atoms with Crippen molar-refractivity contribution >= 4 is 34.6 Å². The lowest BCUT2D eigenvalue weighted by Gasteiger charge is -2.46. The maximum absolute atomic E-state index is 13.4. The van der Waals surface area contributed by atoms with Gasteiger partial charge in [-0.05, 0) is 30.4 Å². The van der Waals surface area contributed by atoms with Crippen LogP contribution in [0.25, 0.3) is 5.76 Å². The van der Waals surface area contributed by atoms with Crippen molar-refractivity contribution in [2.24, 2.45) is 17.6 Å². The van der Waals surface area contributed by atoms with E-state index in [2.05, 4.69) is 0 Å². The quantitative estimate of drug-likeness (QED) is 0.215. The number of aliphatic hydroxyl groups is 3. The number of Topliss-reactive ketones (excluding diaryl/α,β-unsaturated/α-hetero) is 2. The van der Waals surface area contributed by atoms with Gasteiger partial charge in [0.15, 0.2) is 11.4 Å². The van der Waals surface area contributed by atoms with Crippen molar-refractivity contribution in [2.75, 3.05) is 24.7 Å². The average Bonchev–Trinajstić information content (AvgIpc) is 2.66. The molecule has 1 saturated carbocycles. The van der Waals surface area contributed by atoms with Gasteiger partial charge in [-0.25, -0.2) is 0 Å². The van der Waals surface area contributed by atoms with Crippen LogP contribution in [0.1, 0.15) is 24.0 Å². The zero-order valence-electron chi connectivity index (χ0n) is 17.0. The SMILES string of the molecule is CN(C)c1cc(N)c(O)c2c1C[C@H]1C[C@H]3CC(=O)C(C(N)=O)=C(O)[C@@]3(O)C(=O)C1=C2O. The number of anilines is 2. The van der Waals surface area contributed by atoms with Crippen LogP contribution in [-0.4, -0.2) is 57.6 Å². The van der Waals surface area contributed by atoms with Crippen LogP contribution in [0.5, 0.6) is 5.75 Å². The molecule has 0 bridgehead atoms. The molecule has 164 valence electrons. The molecule has 1 aromatic rings. The van der Waals surface area contributed by atoms with Crippen molar-refractivity contribution < 1.29 is 34.8 Å². The summed E-state index contributed by atoms with van der Waals surface area (Å²) in [5.41, 5.74) is 8.66. The summed E-state index contributed by atoms with van der Waals surface area (Å²) in [6.07, 6.45) is -0.0356. The third-order valence-electron chi connectivity index (χ3n) is 6.55. The zero-order chi connectivity index (χ0) is 23.0. The molecule has 8 N–H and O–H groups in total. The third kappa shape index (κ3) is 2.57. The van der Waals surface area contributed by atoms with Crippen LogP contribution in [0, 0.1) is 11.8 Å². The van der Waals surface area contributed by atoms with E-state index < -0.39 is 57.8 Å². The van der Waals surface area contributed by atoms with Gasteiger partial charge in [0.05, 0.1) is 11.3 Å². The van der Waals surface area contributed by atoms with Crippen LogP contribution in [0.3, 0.4) is 0 Å². The molecule has 10 heteroatoms. The Hall–Kier alpha value is -3.53. The van der Waals surface area contributed by atoms with Gasteiger partial charge in [0.25, 0.3) is 5.91 Å². The molecular formula is C21H23N3O7. The highest BCUT2D eigenvalue weighted by Crippen LogP contribution is 2.53. The molecule has 1 aromatic carbocycles. The molecule has 0 radical (unpaired) electrons. The highest BCUT2D eigenvalue weighted by Gasteiger charge is 2.60. The molecule has 0 aromatic heterocycles. The third-order valence-corrected chi connectivity index (χ3v) is 6.55. The van der Waals surface area contributed by atoms with E-state index in [1.165, 1.54) is 0 Å². The fourth-order valence-corrected chi connectivity index (χ4v) is 5.09. The topological polar surface area (TPSA) is 187 Å². The molecule has 4 rings (SSSR count). The van der Waals surface area contributed by atoms with Crippen molar-refractivity contribution in [3.8, 4) is 5.75 Å². The Kier molecular flexibility index (Phi) is 4.33. The molecule has 0 unspecified atom stereocenters. The second-order valence-corrected chi connectivity index (χ2v) is 8.49. The van der Waals surface area contributed by atoms with Gasteiger partial charge in [-0.2, -0.15) is 0 Å². The number of primary amides is 1. The number of nitrogen functional groups attached to an aromatic ring is 1. The molecule has 10 nitrogen and oxygen atoms in total. The normalized spacial score (nSPS) is 27.6. The summed E-state index contributed by atoms with van der Waals surface area (Å²) >= 11 is 0. The number of amides is 1. The number of hydrogen-bond donors (Lipinski definition) is 6. The Morgan fingerprint density at radius 3 is 2.42 bits per heavy atom. The Morgan fingerprint density at radius 1 is 1.19 bits per heavy atom. The summed E-state index contributed by atoms with van der Waals surface area (Å²) in [5, 5.41) is 43.2. The van der Waals surface area contributed by atoms with Gasteiger partial charge < -0.3 is 36.8 Å². The Morgan fingerprint density at radius 2 is 1.84 bits per heavy atom. The predicted molar refractivity (Wildman–Crippen MR) is 110 cm³/mol. The van der Waals surface area contributed by atoms with E-state index in [0.717, 1.165) is 0 Å². The van der Waals surface area contributed by atoms with E-state index in [1.807, 2.05) is 0 Å². The number of ketones is 2. The monoisotopic (exact) mass is 429 g/mol. The van der Waals surface area contributed by atoms with Crippen molar-refractivity contribution in [3.05, 3.63) is 34.1 Å². The Bertz CT molecular complexity index is 1130. The van der Waals surface area contributed by atoms with Gasteiger partial charge in [-0.3, -0.25) is 14.4 Å². The van der Waals surface area contributed by atoms with Crippen LogP contribution in [0.2, 0.25) is 0 Å². The van der Waals surface area contributed by atoms with E-state index in [-0.39, 0.29) is 36.1 Å². The van der Waals surface area contributed by atoms with Crippen molar-refractivity contribution in [1.29, 1.82) is 0 Å². The van der Waals surface area contributed by atoms with Crippen LogP contribution >= 0.6 is 0 Å². The second kappa shape index (κ2) is 6.48. The van der Waals surface area contributed by atoms with Gasteiger partial charge >= 0.3 is 0 Å². The minimum atomic E-state index is -2.57. The number of phenols is 1. The summed E-state index contributed by atoms with van der Waals surface area (Å²) < 4.78 is 0. The smallest absolute Gasteiger partial charge is 0.255 e. The summed E-state index contributed by atoms with van der Waals surface area (Å²) in [5.74, 6) is -6.66. The molecule has 0 aliphatic heterocycles. The maximum Gasteiger partial charge on any atom is 0.255 e. The van der Waals surface area contributed by atoms with Gasteiger partial charge in [-0.1, -0.05) is 0 Å². The molecule has 31 heavy (non-hydrogen) atoms. The second-order valence-electron chi connectivity index (χ2n) is 8.49. The van der Waals surface area contributed by atoms with Crippen LogP contribution in [0.15, 0.2) is 23.0 Å². The van der Waals surface area contributed by atoms with E-state index in [4.69, 9.17) is 11.5 Å². The van der Waals surface area contributed by atoms with Crippen LogP contribution < -0.4 is 16.4 Å². The lowest BCUT2D eigenvalue weighted by Crippen LogP contribution is -2.58. The molecule has 1 amide bonds. The van der Waals surface area contributed by atoms with E-state index in [0.29, 0.717) is 11.3 Å². The highest BCUT2D eigenvalue weighted by atomic mass is 16.3. The fraction of sp³-hybridized carbons (Fsp3) is 0.381. The standard InChI is InChI=1S/C21H23N3O7/c1-24(2)11-6-10(22)16(26)14-9(11)4-7-3-8-5-12(25)15(20(23)30)19(29)21(8,31)18(28)13(7)17(14)27/h6-8,26-27,29,31H,3-5,22H2,1-2H3,(H2,23,30)/t7-,8+,21+/m1/s1. The number of hydrogen-bond acceptors (Lipinski definition) is 9. The Labute approximate surface area is 177 Å². The first kappa shape index (κ1) is 20.7. The summed E-state index contributed by atoms with van der Waals surface area (Å²) in [4.78, 5) is 39.1. The molecule has 0 heterocycles. The number of aromatic hydroxyl groups is 1. The van der Waals surface area contributed by atoms with Gasteiger partial charge in [0.2, 0.25) is 5.78 Å². The highest BCUT2D eigenvalue weighted by molar-refractivity contribution is 6.22. The number of nitrogens with zero attached hydrogens (tertiary/aromatic N) is 1. The molecule has 0 spiro atoms. The summed E-state index contributed by atoms with van der Waals surface area (Å²) in [6, 6.07) is 1.56. The molecule has 1 fully saturated rings. The summed E-state index contributed by atoms with van der Waals surface area (Å²) in [6.45, 7) is 0. The maximum atomic E-state index is 13.4. The number of fused-ring (bicyclic) bond motifs is 3. The van der Waals surface area contributed by atoms with Crippen molar-refractivity contribution in [3.63, 3.8) is 0 Å². The molecule has 3 aliphatic carbocycles. The minimum absolute atomic E-state index is 0.00471. The van der Waals surface area contributed by atoms with Crippen LogP contribution in [0.4, 0.5) is 11.4 Å². The van der Waals surface area contributed by atoms with E-state index in [9.17, 15) is 34.8 Å². The first-order valence-corrected chi connectivity index (χ1v) is 9.70. The molecule has 3 atom stereocenters. The largest absolute Gasteiger partial charge is 0.508 e. The minimum Gasteiger partial charge on any atom is -0.508 e. The number of benzene rings is 1. The number of rotatable bonds is 2. The number of phenolic OH excluding ortho intramolecular Hbond substituents is 1. The summed E-state index contributed by atoms with van der Waals surface area (Å²) in [7, 11) is 3.53. The number of carbonyl (C=O) groups is 3. The van der Waals surface area contributed by atoms with E-state index in [1.54, 1.807) is 25.1 Å². The average molecular weight is 429 g/mol.